The minimum Gasteiger partial charge on any atom is -0.507 e. The van der Waals surface area contributed by atoms with Gasteiger partial charge in [0, 0.05) is 23.9 Å². The summed E-state index contributed by atoms with van der Waals surface area (Å²) in [6.45, 7) is 0.826. The summed E-state index contributed by atoms with van der Waals surface area (Å²) in [7, 11) is 1.85. The third-order valence-corrected chi connectivity index (χ3v) is 4.84. The van der Waals surface area contributed by atoms with Gasteiger partial charge in [0.2, 0.25) is 5.91 Å². The van der Waals surface area contributed by atoms with E-state index in [1.807, 2.05) is 37.4 Å². The molecule has 1 atom stereocenters. The second-order valence-corrected chi connectivity index (χ2v) is 6.03. The highest BCUT2D eigenvalue weighted by Crippen LogP contribution is 2.37. The number of amides is 1. The summed E-state index contributed by atoms with van der Waals surface area (Å²) in [5, 5.41) is 11.7. The Bertz CT molecular complexity index is 641. The number of aromatic hydroxyl groups is 1. The van der Waals surface area contributed by atoms with Crippen LogP contribution in [0, 0.1) is 0 Å². The second kappa shape index (κ2) is 4.78. The zero-order chi connectivity index (χ0) is 13.4. The number of carbonyl (C=O) groups is 1. The first-order valence-electron chi connectivity index (χ1n) is 6.29. The maximum Gasteiger partial charge on any atom is 0.235 e. The number of thioether (sulfide) groups is 1. The molecule has 2 aromatic rings. The summed E-state index contributed by atoms with van der Waals surface area (Å²) < 4.78 is 0. The molecule has 4 heteroatoms. The van der Waals surface area contributed by atoms with Crippen LogP contribution >= 0.6 is 11.8 Å². The molecular formula is C15H15NO2S. The van der Waals surface area contributed by atoms with Crippen molar-refractivity contribution in [3.63, 3.8) is 0 Å². The Hall–Kier alpha value is -1.68. The van der Waals surface area contributed by atoms with Crippen LogP contribution in [0.15, 0.2) is 41.3 Å². The lowest BCUT2D eigenvalue weighted by atomic mass is 10.1. The fourth-order valence-electron chi connectivity index (χ4n) is 2.41. The van der Waals surface area contributed by atoms with Gasteiger partial charge in [-0.2, -0.15) is 0 Å². The molecule has 1 saturated heterocycles. The Kier molecular flexibility index (Phi) is 3.11. The molecule has 1 aliphatic heterocycles. The third-order valence-electron chi connectivity index (χ3n) is 3.51. The van der Waals surface area contributed by atoms with Gasteiger partial charge in [-0.25, -0.2) is 0 Å². The molecule has 1 amide bonds. The highest BCUT2D eigenvalue weighted by Gasteiger charge is 2.30. The summed E-state index contributed by atoms with van der Waals surface area (Å²) in [5.41, 5.74) is 0. The van der Waals surface area contributed by atoms with Crippen LogP contribution in [-0.2, 0) is 4.79 Å². The van der Waals surface area contributed by atoms with Crippen LogP contribution in [0.3, 0.4) is 0 Å². The number of likely N-dealkylation sites (tertiary alicyclic amines) is 1. The van der Waals surface area contributed by atoms with Gasteiger partial charge in [0.25, 0.3) is 0 Å². The summed E-state index contributed by atoms with van der Waals surface area (Å²) in [6, 6.07) is 11.3. The number of rotatable bonds is 2. The van der Waals surface area contributed by atoms with Crippen molar-refractivity contribution in [2.24, 2.45) is 0 Å². The molecule has 3 rings (SSSR count). The van der Waals surface area contributed by atoms with Gasteiger partial charge >= 0.3 is 0 Å². The number of nitrogens with zero attached hydrogens (tertiary/aromatic N) is 1. The van der Waals surface area contributed by atoms with Gasteiger partial charge in [-0.05, 0) is 23.9 Å². The minimum atomic E-state index is -0.00190. The summed E-state index contributed by atoms with van der Waals surface area (Å²) in [5.74, 6) is 0.483. The number of phenolic OH excluding ortho intramolecular Hbond substituents is 1. The summed E-state index contributed by atoms with van der Waals surface area (Å²) >= 11 is 1.60. The highest BCUT2D eigenvalue weighted by molar-refractivity contribution is 8.00. The highest BCUT2D eigenvalue weighted by atomic mass is 32.2. The number of phenols is 1. The Morgan fingerprint density at radius 3 is 2.63 bits per heavy atom. The first kappa shape index (κ1) is 12.4. The Morgan fingerprint density at radius 1 is 1.21 bits per heavy atom. The molecule has 2 aromatic carbocycles. The fourth-order valence-corrected chi connectivity index (χ4v) is 3.67. The van der Waals surface area contributed by atoms with Gasteiger partial charge in [0.15, 0.2) is 0 Å². The van der Waals surface area contributed by atoms with Crippen LogP contribution < -0.4 is 0 Å². The van der Waals surface area contributed by atoms with E-state index in [2.05, 4.69) is 0 Å². The summed E-state index contributed by atoms with van der Waals surface area (Å²) in [6.07, 6.45) is 0.884. The van der Waals surface area contributed by atoms with Crippen LogP contribution in [0.2, 0.25) is 0 Å². The van der Waals surface area contributed by atoms with Crippen LogP contribution in [0.5, 0.6) is 5.75 Å². The molecule has 0 spiro atoms. The van der Waals surface area contributed by atoms with E-state index in [1.165, 1.54) is 0 Å². The lowest BCUT2D eigenvalue weighted by Gasteiger charge is -2.12. The first-order chi connectivity index (χ1) is 9.16. The van der Waals surface area contributed by atoms with E-state index in [0.29, 0.717) is 0 Å². The average molecular weight is 273 g/mol. The maximum absolute atomic E-state index is 12.0. The van der Waals surface area contributed by atoms with Gasteiger partial charge < -0.3 is 10.0 Å². The van der Waals surface area contributed by atoms with Crippen LogP contribution in [0.4, 0.5) is 0 Å². The monoisotopic (exact) mass is 273 g/mol. The predicted molar refractivity (Wildman–Crippen MR) is 77.5 cm³/mol. The maximum atomic E-state index is 12.0. The Balaban J connectivity index is 1.98. The molecule has 0 saturated carbocycles. The molecule has 19 heavy (non-hydrogen) atoms. The topological polar surface area (TPSA) is 40.5 Å². The van der Waals surface area contributed by atoms with Crippen molar-refractivity contribution < 1.29 is 9.90 Å². The normalized spacial score (nSPS) is 19.3. The van der Waals surface area contributed by atoms with Crippen molar-refractivity contribution in [1.29, 1.82) is 0 Å². The molecular weight excluding hydrogens is 258 g/mol. The SMILES string of the molecule is CN1CCC(Sc2ccc(O)c3ccccc23)C1=O. The van der Waals surface area contributed by atoms with Crippen molar-refractivity contribution in [3.05, 3.63) is 36.4 Å². The molecule has 1 N–H and O–H groups in total. The smallest absolute Gasteiger partial charge is 0.235 e. The molecule has 3 nitrogen and oxygen atoms in total. The molecule has 1 fully saturated rings. The van der Waals surface area contributed by atoms with Gasteiger partial charge in [0.05, 0.1) is 5.25 Å². The van der Waals surface area contributed by atoms with E-state index in [0.717, 1.165) is 28.6 Å². The zero-order valence-corrected chi connectivity index (χ0v) is 11.5. The van der Waals surface area contributed by atoms with E-state index in [1.54, 1.807) is 22.7 Å². The largest absolute Gasteiger partial charge is 0.507 e. The zero-order valence-electron chi connectivity index (χ0n) is 10.7. The molecule has 0 bridgehead atoms. The quantitative estimate of drug-likeness (QED) is 0.914. The lowest BCUT2D eigenvalue weighted by Crippen LogP contribution is -2.23. The number of hydrogen-bond donors (Lipinski definition) is 1. The molecule has 0 aromatic heterocycles. The van der Waals surface area contributed by atoms with Crippen molar-refractivity contribution >= 4 is 28.4 Å². The average Bonchev–Trinajstić information content (AvgIpc) is 2.74. The third kappa shape index (κ3) is 2.16. The summed E-state index contributed by atoms with van der Waals surface area (Å²) in [4.78, 5) is 14.8. The van der Waals surface area contributed by atoms with E-state index >= 15 is 0 Å². The van der Waals surface area contributed by atoms with Crippen LogP contribution in [0.25, 0.3) is 10.8 Å². The standard InChI is InChI=1S/C15H15NO2S/c1-16-9-8-14(15(16)18)19-13-7-6-12(17)10-4-2-3-5-11(10)13/h2-7,14,17H,8-9H2,1H3. The molecule has 0 aliphatic carbocycles. The van der Waals surface area contributed by atoms with Crippen molar-refractivity contribution in [1.82, 2.24) is 4.90 Å². The predicted octanol–water partition coefficient (Wildman–Crippen LogP) is 2.87. The van der Waals surface area contributed by atoms with E-state index in [4.69, 9.17) is 0 Å². The van der Waals surface area contributed by atoms with Gasteiger partial charge in [-0.15, -0.1) is 11.8 Å². The van der Waals surface area contributed by atoms with E-state index in [-0.39, 0.29) is 16.9 Å². The molecule has 98 valence electrons. The Labute approximate surface area is 116 Å². The van der Waals surface area contributed by atoms with Crippen LogP contribution in [0.1, 0.15) is 6.42 Å². The van der Waals surface area contributed by atoms with Crippen molar-refractivity contribution in [3.8, 4) is 5.75 Å². The molecule has 1 aliphatic rings. The molecule has 1 unspecified atom stereocenters. The van der Waals surface area contributed by atoms with Crippen molar-refractivity contribution in [2.45, 2.75) is 16.6 Å². The fraction of sp³-hybridized carbons (Fsp3) is 0.267. The van der Waals surface area contributed by atoms with Crippen LogP contribution in [-0.4, -0.2) is 34.8 Å². The Morgan fingerprint density at radius 2 is 1.95 bits per heavy atom. The number of fused-ring (bicyclic) bond motifs is 1. The van der Waals surface area contributed by atoms with Gasteiger partial charge in [0.1, 0.15) is 5.75 Å². The van der Waals surface area contributed by atoms with Gasteiger partial charge in [-0.3, -0.25) is 4.79 Å². The van der Waals surface area contributed by atoms with Gasteiger partial charge in [-0.1, -0.05) is 24.3 Å². The van der Waals surface area contributed by atoms with Crippen molar-refractivity contribution in [2.75, 3.05) is 13.6 Å². The number of benzene rings is 2. The number of hydrogen-bond acceptors (Lipinski definition) is 3. The molecule has 0 radical (unpaired) electrons. The molecule has 1 heterocycles. The lowest BCUT2D eigenvalue weighted by molar-refractivity contribution is -0.126. The van der Waals surface area contributed by atoms with E-state index < -0.39 is 0 Å². The second-order valence-electron chi connectivity index (χ2n) is 4.78. The number of carbonyl (C=O) groups excluding carboxylic acids is 1. The minimum absolute atomic E-state index is 0.00190. The first-order valence-corrected chi connectivity index (χ1v) is 7.17. The van der Waals surface area contributed by atoms with E-state index in [9.17, 15) is 9.90 Å².